The summed E-state index contributed by atoms with van der Waals surface area (Å²) in [5, 5.41) is 8.62. The molecule has 0 saturated carbocycles. The molecule has 1 rings (SSSR count). The molecule has 0 radical (unpaired) electrons. The number of aliphatic carboxylic acids is 1. The average molecular weight is 213 g/mol. The predicted octanol–water partition coefficient (Wildman–Crippen LogP) is 1.36. The Morgan fingerprint density at radius 3 is 2.53 bits per heavy atom. The highest BCUT2D eigenvalue weighted by Crippen LogP contribution is 2.34. The van der Waals surface area contributed by atoms with E-state index in [0.29, 0.717) is 18.9 Å². The van der Waals surface area contributed by atoms with Crippen LogP contribution in [0.3, 0.4) is 0 Å². The summed E-state index contributed by atoms with van der Waals surface area (Å²) in [6, 6.07) is 0. The van der Waals surface area contributed by atoms with Gasteiger partial charge in [-0.05, 0) is 17.8 Å². The zero-order valence-corrected chi connectivity index (χ0v) is 9.62. The monoisotopic (exact) mass is 213 g/mol. The van der Waals surface area contributed by atoms with E-state index in [1.54, 1.807) is 0 Å². The molecule has 0 aromatic rings. The first-order valence-corrected chi connectivity index (χ1v) is 5.30. The molecule has 1 unspecified atom stereocenters. The molecule has 1 N–H and O–H groups in total. The van der Waals surface area contributed by atoms with Gasteiger partial charge in [0.15, 0.2) is 0 Å². The lowest BCUT2D eigenvalue weighted by atomic mass is 9.75. The Morgan fingerprint density at radius 2 is 2.13 bits per heavy atom. The van der Waals surface area contributed by atoms with Gasteiger partial charge in [-0.3, -0.25) is 9.59 Å². The number of nitrogens with zero attached hydrogens (tertiary/aromatic N) is 1. The van der Waals surface area contributed by atoms with Crippen LogP contribution in [0, 0.1) is 11.3 Å². The zero-order valence-electron chi connectivity index (χ0n) is 9.62. The Kier molecular flexibility index (Phi) is 3.37. The van der Waals surface area contributed by atoms with E-state index in [1.165, 1.54) is 4.90 Å². The molecule has 4 heteroatoms. The summed E-state index contributed by atoms with van der Waals surface area (Å²) in [7, 11) is 0. The summed E-state index contributed by atoms with van der Waals surface area (Å²) in [5.74, 6) is -0.587. The predicted molar refractivity (Wildman–Crippen MR) is 56.4 cm³/mol. The van der Waals surface area contributed by atoms with Crippen LogP contribution < -0.4 is 0 Å². The Balaban J connectivity index is 2.55. The van der Waals surface area contributed by atoms with Crippen molar-refractivity contribution in [3.8, 4) is 0 Å². The van der Waals surface area contributed by atoms with Crippen molar-refractivity contribution in [2.75, 3.05) is 13.1 Å². The van der Waals surface area contributed by atoms with Crippen molar-refractivity contribution in [3.05, 3.63) is 0 Å². The number of piperidine rings is 1. The maximum atomic E-state index is 11.6. The van der Waals surface area contributed by atoms with Gasteiger partial charge in [-0.15, -0.1) is 0 Å². The fraction of sp³-hybridized carbons (Fsp3) is 0.818. The molecule has 15 heavy (non-hydrogen) atoms. The molecule has 1 heterocycles. The van der Waals surface area contributed by atoms with Crippen LogP contribution in [-0.2, 0) is 9.59 Å². The van der Waals surface area contributed by atoms with Gasteiger partial charge in [0.2, 0.25) is 5.91 Å². The van der Waals surface area contributed by atoms with Gasteiger partial charge in [0.25, 0.3) is 0 Å². The lowest BCUT2D eigenvalue weighted by Crippen LogP contribution is -2.44. The standard InChI is InChI=1S/C11H19NO3/c1-11(2,3)8-4-5-12(7-10(14)15)9(13)6-8/h8H,4-7H2,1-3H3,(H,14,15). The topological polar surface area (TPSA) is 57.6 Å². The number of hydrogen-bond donors (Lipinski definition) is 1. The molecule has 0 aromatic heterocycles. The summed E-state index contributed by atoms with van der Waals surface area (Å²) >= 11 is 0. The molecule has 0 aliphatic carbocycles. The van der Waals surface area contributed by atoms with E-state index in [1.807, 2.05) is 0 Å². The van der Waals surface area contributed by atoms with Crippen LogP contribution in [0.25, 0.3) is 0 Å². The summed E-state index contributed by atoms with van der Waals surface area (Å²) in [4.78, 5) is 23.6. The number of carboxylic acid groups (broad SMARTS) is 1. The second-order valence-corrected chi connectivity index (χ2v) is 5.26. The molecule has 0 aromatic carbocycles. The largest absolute Gasteiger partial charge is 0.480 e. The normalized spacial score (nSPS) is 23.0. The molecule has 1 fully saturated rings. The zero-order chi connectivity index (χ0) is 11.6. The van der Waals surface area contributed by atoms with E-state index in [9.17, 15) is 9.59 Å². The quantitative estimate of drug-likeness (QED) is 0.753. The van der Waals surface area contributed by atoms with Crippen LogP contribution in [0.4, 0.5) is 0 Å². The van der Waals surface area contributed by atoms with Crippen molar-refractivity contribution in [2.24, 2.45) is 11.3 Å². The lowest BCUT2D eigenvalue weighted by Gasteiger charge is -2.37. The number of carbonyl (C=O) groups excluding carboxylic acids is 1. The van der Waals surface area contributed by atoms with Gasteiger partial charge in [0, 0.05) is 13.0 Å². The molecule has 0 bridgehead atoms. The smallest absolute Gasteiger partial charge is 0.323 e. The number of rotatable bonds is 2. The number of carboxylic acids is 1. The van der Waals surface area contributed by atoms with E-state index < -0.39 is 5.97 Å². The molecule has 1 atom stereocenters. The van der Waals surface area contributed by atoms with Crippen LogP contribution in [0.2, 0.25) is 0 Å². The van der Waals surface area contributed by atoms with Crippen LogP contribution in [0.5, 0.6) is 0 Å². The maximum Gasteiger partial charge on any atom is 0.323 e. The van der Waals surface area contributed by atoms with Gasteiger partial charge >= 0.3 is 5.97 Å². The minimum atomic E-state index is -0.933. The van der Waals surface area contributed by atoms with Gasteiger partial charge in [-0.25, -0.2) is 0 Å². The van der Waals surface area contributed by atoms with Crippen molar-refractivity contribution in [1.29, 1.82) is 0 Å². The van der Waals surface area contributed by atoms with Crippen LogP contribution in [0.1, 0.15) is 33.6 Å². The average Bonchev–Trinajstić information content (AvgIpc) is 2.05. The fourth-order valence-electron chi connectivity index (χ4n) is 1.95. The minimum Gasteiger partial charge on any atom is -0.480 e. The Hall–Kier alpha value is -1.06. The Bertz CT molecular complexity index is 267. The third kappa shape index (κ3) is 3.22. The first-order valence-electron chi connectivity index (χ1n) is 5.30. The summed E-state index contributed by atoms with van der Waals surface area (Å²) < 4.78 is 0. The number of hydrogen-bond acceptors (Lipinski definition) is 2. The molecule has 1 saturated heterocycles. The third-order valence-electron chi connectivity index (χ3n) is 3.07. The van der Waals surface area contributed by atoms with Gasteiger partial charge < -0.3 is 10.0 Å². The van der Waals surface area contributed by atoms with Gasteiger partial charge in [0.05, 0.1) is 0 Å². The molecule has 1 amide bonds. The van der Waals surface area contributed by atoms with E-state index in [-0.39, 0.29) is 17.9 Å². The van der Waals surface area contributed by atoms with Crippen LogP contribution >= 0.6 is 0 Å². The fourth-order valence-corrected chi connectivity index (χ4v) is 1.95. The maximum absolute atomic E-state index is 11.6. The van der Waals surface area contributed by atoms with Crippen molar-refractivity contribution in [1.82, 2.24) is 4.90 Å². The van der Waals surface area contributed by atoms with Gasteiger partial charge in [-0.1, -0.05) is 20.8 Å². The number of likely N-dealkylation sites (tertiary alicyclic amines) is 1. The van der Waals surface area contributed by atoms with Crippen molar-refractivity contribution in [2.45, 2.75) is 33.6 Å². The highest BCUT2D eigenvalue weighted by atomic mass is 16.4. The highest BCUT2D eigenvalue weighted by Gasteiger charge is 2.33. The first-order chi connectivity index (χ1) is 6.80. The van der Waals surface area contributed by atoms with Gasteiger partial charge in [0.1, 0.15) is 6.54 Å². The number of amides is 1. The molecule has 4 nitrogen and oxygen atoms in total. The van der Waals surface area contributed by atoms with Crippen molar-refractivity contribution < 1.29 is 14.7 Å². The molecule has 1 aliphatic heterocycles. The third-order valence-corrected chi connectivity index (χ3v) is 3.07. The molecular weight excluding hydrogens is 194 g/mol. The first kappa shape index (κ1) is 12.0. The van der Waals surface area contributed by atoms with Gasteiger partial charge in [-0.2, -0.15) is 0 Å². The van der Waals surface area contributed by atoms with E-state index in [4.69, 9.17) is 5.11 Å². The van der Waals surface area contributed by atoms with E-state index >= 15 is 0 Å². The summed E-state index contributed by atoms with van der Waals surface area (Å²) in [6.07, 6.45) is 1.39. The molecule has 1 aliphatic rings. The summed E-state index contributed by atoms with van der Waals surface area (Å²) in [6.45, 7) is 6.79. The molecular formula is C11H19NO3. The Morgan fingerprint density at radius 1 is 1.53 bits per heavy atom. The van der Waals surface area contributed by atoms with E-state index in [0.717, 1.165) is 6.42 Å². The second kappa shape index (κ2) is 4.21. The number of carbonyl (C=O) groups is 2. The van der Waals surface area contributed by atoms with E-state index in [2.05, 4.69) is 20.8 Å². The lowest BCUT2D eigenvalue weighted by molar-refractivity contribution is -0.147. The van der Waals surface area contributed by atoms with Crippen LogP contribution in [-0.4, -0.2) is 35.0 Å². The second-order valence-electron chi connectivity index (χ2n) is 5.26. The van der Waals surface area contributed by atoms with Crippen molar-refractivity contribution in [3.63, 3.8) is 0 Å². The van der Waals surface area contributed by atoms with Crippen molar-refractivity contribution >= 4 is 11.9 Å². The molecule has 0 spiro atoms. The highest BCUT2D eigenvalue weighted by molar-refractivity contribution is 5.82. The SMILES string of the molecule is CC(C)(C)C1CCN(CC(=O)O)C(=O)C1. The Labute approximate surface area is 90.3 Å². The van der Waals surface area contributed by atoms with Crippen LogP contribution in [0.15, 0.2) is 0 Å². The minimum absolute atomic E-state index is 0.0245. The summed E-state index contributed by atoms with van der Waals surface area (Å²) in [5.41, 5.74) is 0.130. The molecule has 86 valence electrons.